The van der Waals surface area contributed by atoms with Gasteiger partial charge in [0.2, 0.25) is 0 Å². The van der Waals surface area contributed by atoms with Crippen LogP contribution in [0.3, 0.4) is 0 Å². The highest BCUT2D eigenvalue weighted by Gasteiger charge is 2.20. The molecule has 0 aliphatic rings. The number of hydrogen-bond acceptors (Lipinski definition) is 5. The third-order valence-electron chi connectivity index (χ3n) is 3.84. The van der Waals surface area contributed by atoms with Crippen molar-refractivity contribution in [2.24, 2.45) is 0 Å². The molecule has 0 saturated carbocycles. The number of nitrogens with one attached hydrogen (secondary N) is 2. The topological polar surface area (TPSA) is 84.0 Å². The van der Waals surface area contributed by atoms with Gasteiger partial charge in [-0.25, -0.2) is 18.4 Å². The van der Waals surface area contributed by atoms with Gasteiger partial charge in [0.25, 0.3) is 10.0 Å². The molecule has 7 heteroatoms. The van der Waals surface area contributed by atoms with Gasteiger partial charge in [-0.15, -0.1) is 6.58 Å². The number of benzene rings is 2. The first kappa shape index (κ1) is 17.9. The number of nitrogens with zero attached hydrogens (tertiary/aromatic N) is 2. The van der Waals surface area contributed by atoms with Gasteiger partial charge in [-0.2, -0.15) is 0 Å². The molecule has 6 nitrogen and oxygen atoms in total. The molecule has 0 saturated heterocycles. The van der Waals surface area contributed by atoms with Gasteiger partial charge in [0, 0.05) is 6.54 Å². The highest BCUT2D eigenvalue weighted by Crippen LogP contribution is 2.25. The van der Waals surface area contributed by atoms with E-state index in [-0.39, 0.29) is 10.7 Å². The summed E-state index contributed by atoms with van der Waals surface area (Å²) in [6, 6.07) is 12.5. The van der Waals surface area contributed by atoms with Crippen molar-refractivity contribution in [1.29, 1.82) is 0 Å². The molecule has 0 fully saturated rings. The summed E-state index contributed by atoms with van der Waals surface area (Å²) in [7, 11) is -3.80. The van der Waals surface area contributed by atoms with Gasteiger partial charge in [0.15, 0.2) is 11.6 Å². The van der Waals surface area contributed by atoms with E-state index in [1.54, 1.807) is 31.2 Å². The largest absolute Gasteiger partial charge is 0.363 e. The molecule has 2 aromatic carbocycles. The predicted octanol–water partition coefficient (Wildman–Crippen LogP) is 3.65. The summed E-state index contributed by atoms with van der Waals surface area (Å²) in [5.74, 6) is 0.516. The highest BCUT2D eigenvalue weighted by molar-refractivity contribution is 7.92. The molecule has 0 spiro atoms. The Bertz CT molecular complexity index is 1080. The highest BCUT2D eigenvalue weighted by atomic mass is 32.2. The first-order chi connectivity index (χ1) is 12.4. The zero-order valence-electron chi connectivity index (χ0n) is 14.7. The molecule has 2 N–H and O–H groups in total. The van der Waals surface area contributed by atoms with E-state index in [1.807, 2.05) is 31.2 Å². The second-order valence-corrected chi connectivity index (χ2v) is 7.60. The summed E-state index contributed by atoms with van der Waals surface area (Å²) >= 11 is 0. The van der Waals surface area contributed by atoms with Gasteiger partial charge in [-0.05, 0) is 37.6 Å². The Morgan fingerprint density at radius 2 is 1.69 bits per heavy atom. The molecule has 0 unspecified atom stereocenters. The number of anilines is 2. The number of hydrogen-bond donors (Lipinski definition) is 2. The van der Waals surface area contributed by atoms with Gasteiger partial charge < -0.3 is 5.32 Å². The maximum atomic E-state index is 12.9. The molecule has 26 heavy (non-hydrogen) atoms. The third kappa shape index (κ3) is 3.67. The van der Waals surface area contributed by atoms with Crippen LogP contribution in [0.5, 0.6) is 0 Å². The zero-order valence-corrected chi connectivity index (χ0v) is 15.5. The molecule has 0 radical (unpaired) electrons. The minimum absolute atomic E-state index is 0.158. The zero-order chi connectivity index (χ0) is 18.7. The van der Waals surface area contributed by atoms with Crippen molar-refractivity contribution < 1.29 is 8.42 Å². The second-order valence-electron chi connectivity index (χ2n) is 5.95. The van der Waals surface area contributed by atoms with E-state index >= 15 is 0 Å². The fourth-order valence-electron chi connectivity index (χ4n) is 2.65. The van der Waals surface area contributed by atoms with Crippen molar-refractivity contribution in [2.75, 3.05) is 16.6 Å². The monoisotopic (exact) mass is 368 g/mol. The molecule has 0 aliphatic carbocycles. The quantitative estimate of drug-likeness (QED) is 0.649. The molecule has 1 aromatic heterocycles. The lowest BCUT2D eigenvalue weighted by Crippen LogP contribution is -2.17. The van der Waals surface area contributed by atoms with Crippen LogP contribution in [-0.2, 0) is 10.0 Å². The van der Waals surface area contributed by atoms with Crippen molar-refractivity contribution in [2.45, 2.75) is 18.7 Å². The van der Waals surface area contributed by atoms with E-state index in [1.165, 1.54) is 0 Å². The van der Waals surface area contributed by atoms with Gasteiger partial charge >= 0.3 is 0 Å². The number of para-hydroxylation sites is 2. The standard InChI is InChI=1S/C19H20N4O2S/c1-4-11-20-18-19(22-16-8-6-5-7-15(16)21-18)23-26(24,25)17-10-9-13(2)12-14(17)3/h4-10,12H,1,11H2,2-3H3,(H,20,21)(H,22,23). The third-order valence-corrected chi connectivity index (χ3v) is 5.33. The van der Waals surface area contributed by atoms with Crippen molar-refractivity contribution in [3.8, 4) is 0 Å². The Labute approximate surface area is 153 Å². The SMILES string of the molecule is C=CCNc1nc2ccccc2nc1NS(=O)(=O)c1ccc(C)cc1C. The molecule has 134 valence electrons. The van der Waals surface area contributed by atoms with E-state index in [9.17, 15) is 8.42 Å². The van der Waals surface area contributed by atoms with Crippen LogP contribution in [0, 0.1) is 13.8 Å². The van der Waals surface area contributed by atoms with E-state index in [2.05, 4.69) is 26.6 Å². The first-order valence-corrected chi connectivity index (χ1v) is 9.60. The summed E-state index contributed by atoms with van der Waals surface area (Å²) in [6.07, 6.45) is 1.67. The molecule has 1 heterocycles. The smallest absolute Gasteiger partial charge is 0.263 e. The number of rotatable bonds is 6. The summed E-state index contributed by atoms with van der Waals surface area (Å²) in [4.78, 5) is 9.13. The first-order valence-electron chi connectivity index (χ1n) is 8.12. The van der Waals surface area contributed by atoms with Gasteiger partial charge in [0.1, 0.15) is 0 Å². The Balaban J connectivity index is 2.06. The molecular weight excluding hydrogens is 348 g/mol. The molecule has 3 aromatic rings. The normalized spacial score (nSPS) is 11.3. The molecular formula is C19H20N4O2S. The Hall–Kier alpha value is -2.93. The van der Waals surface area contributed by atoms with Crippen molar-refractivity contribution in [3.63, 3.8) is 0 Å². The Morgan fingerprint density at radius 3 is 2.31 bits per heavy atom. The molecule has 0 atom stereocenters. The van der Waals surface area contributed by atoms with Crippen LogP contribution >= 0.6 is 0 Å². The van der Waals surface area contributed by atoms with Gasteiger partial charge in [0.05, 0.1) is 15.9 Å². The fraction of sp³-hybridized carbons (Fsp3) is 0.158. The fourth-order valence-corrected chi connectivity index (χ4v) is 3.88. The predicted molar refractivity (Wildman–Crippen MR) is 105 cm³/mol. The van der Waals surface area contributed by atoms with Crippen LogP contribution in [0.4, 0.5) is 11.6 Å². The van der Waals surface area contributed by atoms with Crippen LogP contribution in [0.2, 0.25) is 0 Å². The van der Waals surface area contributed by atoms with Gasteiger partial charge in [-0.1, -0.05) is 35.9 Å². The summed E-state index contributed by atoms with van der Waals surface area (Å²) in [5.41, 5.74) is 2.95. The second kappa shape index (κ2) is 7.13. The molecule has 0 aliphatic heterocycles. The van der Waals surface area contributed by atoms with Crippen LogP contribution in [0.25, 0.3) is 11.0 Å². The van der Waals surface area contributed by atoms with E-state index in [0.29, 0.717) is 29.0 Å². The summed E-state index contributed by atoms with van der Waals surface area (Å²) < 4.78 is 28.3. The molecule has 0 amide bonds. The Kier molecular flexibility index (Phi) is 4.90. The number of fused-ring (bicyclic) bond motifs is 1. The molecule has 0 bridgehead atoms. The lowest BCUT2D eigenvalue weighted by atomic mass is 10.2. The minimum Gasteiger partial charge on any atom is -0.363 e. The van der Waals surface area contributed by atoms with Crippen LogP contribution in [0.1, 0.15) is 11.1 Å². The maximum absolute atomic E-state index is 12.9. The lowest BCUT2D eigenvalue weighted by molar-refractivity contribution is 0.600. The maximum Gasteiger partial charge on any atom is 0.263 e. The number of aryl methyl sites for hydroxylation is 2. The van der Waals surface area contributed by atoms with Crippen LogP contribution in [0.15, 0.2) is 60.0 Å². The Morgan fingerprint density at radius 1 is 1.04 bits per heavy atom. The summed E-state index contributed by atoms with van der Waals surface area (Å²) in [5, 5.41) is 3.03. The van der Waals surface area contributed by atoms with Gasteiger partial charge in [-0.3, -0.25) is 4.72 Å². The van der Waals surface area contributed by atoms with E-state index < -0.39 is 10.0 Å². The lowest BCUT2D eigenvalue weighted by Gasteiger charge is -2.14. The number of sulfonamides is 1. The summed E-state index contributed by atoms with van der Waals surface area (Å²) in [6.45, 7) is 7.78. The van der Waals surface area contributed by atoms with Crippen LogP contribution in [-0.4, -0.2) is 24.9 Å². The van der Waals surface area contributed by atoms with E-state index in [4.69, 9.17) is 0 Å². The average molecular weight is 368 g/mol. The minimum atomic E-state index is -3.80. The molecule has 3 rings (SSSR count). The van der Waals surface area contributed by atoms with Crippen molar-refractivity contribution in [3.05, 3.63) is 66.2 Å². The average Bonchev–Trinajstić information content (AvgIpc) is 2.59. The number of aromatic nitrogens is 2. The van der Waals surface area contributed by atoms with E-state index in [0.717, 1.165) is 5.56 Å². The van der Waals surface area contributed by atoms with Crippen molar-refractivity contribution >= 4 is 32.7 Å². The van der Waals surface area contributed by atoms with Crippen LogP contribution < -0.4 is 10.0 Å². The van der Waals surface area contributed by atoms with Crippen molar-refractivity contribution in [1.82, 2.24) is 9.97 Å².